The fourth-order valence-electron chi connectivity index (χ4n) is 1.90. The highest BCUT2D eigenvalue weighted by molar-refractivity contribution is 5.27. The zero-order chi connectivity index (χ0) is 13.3. The average Bonchev–Trinajstić information content (AvgIpc) is 2.68. The molecule has 96 valence electrons. The van der Waals surface area contributed by atoms with Crippen molar-refractivity contribution in [2.24, 2.45) is 0 Å². The first kappa shape index (κ1) is 12.3. The van der Waals surface area contributed by atoms with E-state index in [1.807, 2.05) is 24.6 Å². The molecule has 7 heteroatoms. The van der Waals surface area contributed by atoms with Crippen molar-refractivity contribution in [1.29, 1.82) is 0 Å². The van der Waals surface area contributed by atoms with Crippen molar-refractivity contribution in [2.45, 2.75) is 33.2 Å². The molecule has 0 aromatic carbocycles. The van der Waals surface area contributed by atoms with Crippen LogP contribution >= 0.6 is 0 Å². The number of rotatable bonds is 3. The van der Waals surface area contributed by atoms with E-state index in [0.29, 0.717) is 5.82 Å². The Bertz CT molecular complexity index is 540. The molecule has 0 aliphatic carbocycles. The molecule has 0 amide bonds. The molecule has 0 aliphatic rings. The Morgan fingerprint density at radius 2 is 1.78 bits per heavy atom. The van der Waals surface area contributed by atoms with Crippen molar-refractivity contribution in [2.75, 3.05) is 11.5 Å². The molecule has 0 saturated carbocycles. The van der Waals surface area contributed by atoms with Gasteiger partial charge in [-0.2, -0.15) is 15.0 Å². The van der Waals surface area contributed by atoms with Gasteiger partial charge in [0.1, 0.15) is 5.82 Å². The van der Waals surface area contributed by atoms with Gasteiger partial charge in [-0.15, -0.1) is 0 Å². The summed E-state index contributed by atoms with van der Waals surface area (Å²) < 4.78 is 2.03. The first-order chi connectivity index (χ1) is 8.51. The van der Waals surface area contributed by atoms with Gasteiger partial charge in [0, 0.05) is 12.6 Å². The lowest BCUT2D eigenvalue weighted by molar-refractivity contribution is 0.572. The number of imidazole rings is 1. The van der Waals surface area contributed by atoms with Gasteiger partial charge < -0.3 is 16.0 Å². The van der Waals surface area contributed by atoms with E-state index in [0.717, 1.165) is 17.9 Å². The molecular weight excluding hydrogens is 230 g/mol. The largest absolute Gasteiger partial charge is 0.368 e. The van der Waals surface area contributed by atoms with Crippen molar-refractivity contribution < 1.29 is 0 Å². The number of hydrogen-bond acceptors (Lipinski definition) is 6. The molecule has 2 aromatic rings. The highest BCUT2D eigenvalue weighted by atomic mass is 15.2. The molecule has 2 aromatic heterocycles. The molecule has 2 heterocycles. The van der Waals surface area contributed by atoms with Gasteiger partial charge in [0.2, 0.25) is 11.9 Å². The molecular formula is C11H17N7. The minimum atomic E-state index is -0.0752. The molecule has 0 spiro atoms. The summed E-state index contributed by atoms with van der Waals surface area (Å²) in [6, 6.07) is -0.0752. The van der Waals surface area contributed by atoms with Crippen LogP contribution in [0, 0.1) is 6.92 Å². The number of nitrogens with two attached hydrogens (primary N) is 2. The molecule has 0 radical (unpaired) electrons. The van der Waals surface area contributed by atoms with Crippen LogP contribution in [0.25, 0.3) is 0 Å². The van der Waals surface area contributed by atoms with E-state index in [1.165, 1.54) is 0 Å². The van der Waals surface area contributed by atoms with E-state index in [2.05, 4.69) is 26.9 Å². The van der Waals surface area contributed by atoms with Gasteiger partial charge in [0.15, 0.2) is 5.82 Å². The van der Waals surface area contributed by atoms with Crippen molar-refractivity contribution in [3.8, 4) is 0 Å². The molecule has 18 heavy (non-hydrogen) atoms. The van der Waals surface area contributed by atoms with Crippen molar-refractivity contribution in [1.82, 2.24) is 24.5 Å². The molecule has 1 unspecified atom stereocenters. The van der Waals surface area contributed by atoms with Crippen molar-refractivity contribution in [3.63, 3.8) is 0 Å². The molecule has 7 nitrogen and oxygen atoms in total. The second-order valence-electron chi connectivity index (χ2n) is 4.15. The Morgan fingerprint density at radius 3 is 2.33 bits per heavy atom. The van der Waals surface area contributed by atoms with Gasteiger partial charge in [-0.25, -0.2) is 4.98 Å². The summed E-state index contributed by atoms with van der Waals surface area (Å²) in [5.74, 6) is 1.81. The summed E-state index contributed by atoms with van der Waals surface area (Å²) in [6.45, 7) is 5.99. The maximum atomic E-state index is 5.58. The third kappa shape index (κ3) is 2.24. The van der Waals surface area contributed by atoms with Gasteiger partial charge in [0.05, 0.1) is 11.7 Å². The molecule has 0 fully saturated rings. The highest BCUT2D eigenvalue weighted by Crippen LogP contribution is 2.18. The maximum Gasteiger partial charge on any atom is 0.225 e. The Morgan fingerprint density at radius 1 is 1.17 bits per heavy atom. The van der Waals surface area contributed by atoms with Crippen LogP contribution < -0.4 is 11.5 Å². The Balaban J connectivity index is 2.43. The van der Waals surface area contributed by atoms with E-state index in [9.17, 15) is 0 Å². The summed E-state index contributed by atoms with van der Waals surface area (Å²) >= 11 is 0. The Labute approximate surface area is 105 Å². The monoisotopic (exact) mass is 247 g/mol. The number of nitrogens with zero attached hydrogens (tertiary/aromatic N) is 5. The van der Waals surface area contributed by atoms with Gasteiger partial charge in [-0.3, -0.25) is 0 Å². The minimum absolute atomic E-state index is 0.0752. The second kappa shape index (κ2) is 4.59. The number of anilines is 2. The summed E-state index contributed by atoms with van der Waals surface area (Å²) in [5.41, 5.74) is 12.1. The van der Waals surface area contributed by atoms with Crippen LogP contribution in [0.15, 0.2) is 6.20 Å². The highest BCUT2D eigenvalue weighted by Gasteiger charge is 2.16. The third-order valence-corrected chi connectivity index (χ3v) is 2.72. The van der Waals surface area contributed by atoms with Crippen LogP contribution in [0.2, 0.25) is 0 Å². The normalized spacial score (nSPS) is 12.6. The maximum absolute atomic E-state index is 5.58. The summed E-state index contributed by atoms with van der Waals surface area (Å²) in [5, 5.41) is 0. The topological polar surface area (TPSA) is 109 Å². The van der Waals surface area contributed by atoms with E-state index >= 15 is 0 Å². The summed E-state index contributed by atoms with van der Waals surface area (Å²) in [4.78, 5) is 16.5. The van der Waals surface area contributed by atoms with E-state index < -0.39 is 0 Å². The lowest BCUT2D eigenvalue weighted by Gasteiger charge is -2.14. The third-order valence-electron chi connectivity index (χ3n) is 2.72. The lowest BCUT2D eigenvalue weighted by Crippen LogP contribution is -2.15. The summed E-state index contributed by atoms with van der Waals surface area (Å²) in [6.07, 6.45) is 2.81. The number of aromatic nitrogens is 5. The smallest absolute Gasteiger partial charge is 0.225 e. The quantitative estimate of drug-likeness (QED) is 0.827. The van der Waals surface area contributed by atoms with Gasteiger partial charge in [-0.1, -0.05) is 6.92 Å². The predicted molar refractivity (Wildman–Crippen MR) is 68.8 cm³/mol. The minimum Gasteiger partial charge on any atom is -0.368 e. The SMILES string of the molecule is CCc1nc(C)cn1C(C)c1nc(N)nc(N)n1. The fourth-order valence-corrected chi connectivity index (χ4v) is 1.90. The Hall–Kier alpha value is -2.18. The lowest BCUT2D eigenvalue weighted by atomic mass is 10.3. The molecule has 1 atom stereocenters. The molecule has 4 N–H and O–H groups in total. The van der Waals surface area contributed by atoms with E-state index in [-0.39, 0.29) is 17.9 Å². The fraction of sp³-hybridized carbons (Fsp3) is 0.455. The van der Waals surface area contributed by atoms with Gasteiger partial charge in [-0.05, 0) is 13.8 Å². The van der Waals surface area contributed by atoms with Gasteiger partial charge >= 0.3 is 0 Å². The molecule has 0 saturated heterocycles. The van der Waals surface area contributed by atoms with Gasteiger partial charge in [0.25, 0.3) is 0 Å². The number of aryl methyl sites for hydroxylation is 2. The first-order valence-electron chi connectivity index (χ1n) is 5.82. The zero-order valence-electron chi connectivity index (χ0n) is 10.8. The standard InChI is InChI=1S/C11H17N7/c1-4-8-14-6(2)5-18(8)7(3)9-15-10(12)17-11(13)16-9/h5,7H,4H2,1-3H3,(H4,12,13,15,16,17). The zero-order valence-corrected chi connectivity index (χ0v) is 10.8. The predicted octanol–water partition coefficient (Wildman–Crippen LogP) is 0.713. The van der Waals surface area contributed by atoms with Crippen molar-refractivity contribution >= 4 is 11.9 Å². The summed E-state index contributed by atoms with van der Waals surface area (Å²) in [7, 11) is 0. The Kier molecular flexibility index (Phi) is 3.14. The molecule has 0 aliphatic heterocycles. The number of hydrogen-bond donors (Lipinski definition) is 2. The van der Waals surface area contributed by atoms with Crippen molar-refractivity contribution in [3.05, 3.63) is 23.5 Å². The first-order valence-corrected chi connectivity index (χ1v) is 5.82. The van der Waals surface area contributed by atoms with E-state index in [4.69, 9.17) is 11.5 Å². The molecule has 0 bridgehead atoms. The van der Waals surface area contributed by atoms with Crippen LogP contribution in [0.1, 0.15) is 37.2 Å². The molecule has 2 rings (SSSR count). The van der Waals surface area contributed by atoms with Crippen LogP contribution in [0.5, 0.6) is 0 Å². The van der Waals surface area contributed by atoms with Crippen LogP contribution in [0.3, 0.4) is 0 Å². The number of nitrogen functional groups attached to an aromatic ring is 2. The van der Waals surface area contributed by atoms with Crippen LogP contribution in [-0.4, -0.2) is 24.5 Å². The van der Waals surface area contributed by atoms with Crippen LogP contribution in [-0.2, 0) is 6.42 Å². The second-order valence-corrected chi connectivity index (χ2v) is 4.15. The van der Waals surface area contributed by atoms with Crippen LogP contribution in [0.4, 0.5) is 11.9 Å². The average molecular weight is 247 g/mol. The van der Waals surface area contributed by atoms with E-state index in [1.54, 1.807) is 0 Å².